The van der Waals surface area contributed by atoms with Crippen molar-refractivity contribution in [2.24, 2.45) is 0 Å². The molecule has 1 aromatic carbocycles. The summed E-state index contributed by atoms with van der Waals surface area (Å²) in [6.07, 6.45) is 0. The Morgan fingerprint density at radius 2 is 2.24 bits per heavy atom. The SMILES string of the molecule is CCOC(=O)CNC(=O)N1CCSC1c1ccccc1F. The number of nitrogens with one attached hydrogen (secondary N) is 1. The first-order chi connectivity index (χ1) is 10.1. The van der Waals surface area contributed by atoms with Crippen LogP contribution in [0.15, 0.2) is 24.3 Å². The summed E-state index contributed by atoms with van der Waals surface area (Å²) < 4.78 is 18.6. The molecule has 1 aromatic rings. The predicted molar refractivity (Wildman–Crippen MR) is 78.3 cm³/mol. The van der Waals surface area contributed by atoms with Gasteiger partial charge in [-0.15, -0.1) is 11.8 Å². The van der Waals surface area contributed by atoms with Crippen LogP contribution in [0.1, 0.15) is 17.9 Å². The van der Waals surface area contributed by atoms with Gasteiger partial charge in [0.15, 0.2) is 0 Å². The predicted octanol–water partition coefficient (Wildman–Crippen LogP) is 2.15. The average Bonchev–Trinajstić information content (AvgIpc) is 2.95. The topological polar surface area (TPSA) is 58.6 Å². The molecule has 0 aliphatic carbocycles. The first-order valence-electron chi connectivity index (χ1n) is 6.69. The zero-order valence-electron chi connectivity index (χ0n) is 11.7. The zero-order chi connectivity index (χ0) is 15.2. The Bertz CT molecular complexity index is 527. The minimum Gasteiger partial charge on any atom is -0.465 e. The van der Waals surface area contributed by atoms with Gasteiger partial charge in [-0.3, -0.25) is 4.79 Å². The third kappa shape index (κ3) is 3.87. The molecule has 1 saturated heterocycles. The zero-order valence-corrected chi connectivity index (χ0v) is 12.5. The summed E-state index contributed by atoms with van der Waals surface area (Å²) >= 11 is 1.50. The minimum atomic E-state index is -0.486. The van der Waals surface area contributed by atoms with Crippen LogP contribution >= 0.6 is 11.8 Å². The number of benzene rings is 1. The lowest BCUT2D eigenvalue weighted by Gasteiger charge is -2.24. The molecular weight excluding hydrogens is 295 g/mol. The Morgan fingerprint density at radius 1 is 1.48 bits per heavy atom. The van der Waals surface area contributed by atoms with Crippen molar-refractivity contribution in [1.82, 2.24) is 10.2 Å². The van der Waals surface area contributed by atoms with Gasteiger partial charge in [-0.25, -0.2) is 9.18 Å². The van der Waals surface area contributed by atoms with E-state index in [1.807, 2.05) is 0 Å². The number of nitrogens with zero attached hydrogens (tertiary/aromatic N) is 1. The van der Waals surface area contributed by atoms with Crippen LogP contribution in [-0.4, -0.2) is 42.3 Å². The van der Waals surface area contributed by atoms with Gasteiger partial charge in [0, 0.05) is 17.9 Å². The highest BCUT2D eigenvalue weighted by Gasteiger charge is 2.32. The molecule has 1 atom stereocenters. The molecule has 1 N–H and O–H groups in total. The highest BCUT2D eigenvalue weighted by atomic mass is 32.2. The van der Waals surface area contributed by atoms with Crippen molar-refractivity contribution in [3.05, 3.63) is 35.6 Å². The fourth-order valence-corrected chi connectivity index (χ4v) is 3.35. The standard InChI is InChI=1S/C14H17FN2O3S/c1-2-20-12(18)9-16-14(19)17-7-8-21-13(17)10-5-3-4-6-11(10)15/h3-6,13H,2,7-9H2,1H3,(H,16,19). The van der Waals surface area contributed by atoms with E-state index in [0.717, 1.165) is 5.75 Å². The molecule has 2 amide bonds. The smallest absolute Gasteiger partial charge is 0.325 e. The summed E-state index contributed by atoms with van der Waals surface area (Å²) in [4.78, 5) is 24.9. The van der Waals surface area contributed by atoms with Crippen molar-refractivity contribution in [1.29, 1.82) is 0 Å². The minimum absolute atomic E-state index is 0.183. The van der Waals surface area contributed by atoms with Crippen LogP contribution in [0, 0.1) is 5.82 Å². The number of esters is 1. The van der Waals surface area contributed by atoms with Gasteiger partial charge in [0.2, 0.25) is 0 Å². The molecule has 1 aliphatic heterocycles. The Kier molecular flexibility index (Phi) is 5.44. The van der Waals surface area contributed by atoms with Crippen LogP contribution in [0.3, 0.4) is 0 Å². The molecule has 5 nitrogen and oxygen atoms in total. The van der Waals surface area contributed by atoms with Crippen LogP contribution in [0.4, 0.5) is 9.18 Å². The highest BCUT2D eigenvalue weighted by molar-refractivity contribution is 7.99. The fourth-order valence-electron chi connectivity index (χ4n) is 2.07. The van der Waals surface area contributed by atoms with Gasteiger partial charge in [-0.2, -0.15) is 0 Å². The second kappa shape index (κ2) is 7.31. The quantitative estimate of drug-likeness (QED) is 0.866. The number of hydrogen-bond donors (Lipinski definition) is 1. The first-order valence-corrected chi connectivity index (χ1v) is 7.74. The third-order valence-electron chi connectivity index (χ3n) is 3.01. The summed E-state index contributed by atoms with van der Waals surface area (Å²) in [5.74, 6) is -0.0912. The Morgan fingerprint density at radius 3 is 2.95 bits per heavy atom. The van der Waals surface area contributed by atoms with Crippen molar-refractivity contribution in [2.75, 3.05) is 25.4 Å². The van der Waals surface area contributed by atoms with E-state index in [2.05, 4.69) is 5.32 Å². The molecule has 2 rings (SSSR count). The number of carbonyl (C=O) groups excluding carboxylic acids is 2. The summed E-state index contributed by atoms with van der Waals surface area (Å²) in [5, 5.41) is 2.14. The summed E-state index contributed by atoms with van der Waals surface area (Å²) in [7, 11) is 0. The second-order valence-corrected chi connectivity index (χ2v) is 5.59. The van der Waals surface area contributed by atoms with Crippen molar-refractivity contribution < 1.29 is 18.7 Å². The molecule has 1 heterocycles. The second-order valence-electron chi connectivity index (χ2n) is 4.40. The molecule has 0 radical (unpaired) electrons. The lowest BCUT2D eigenvalue weighted by Crippen LogP contribution is -2.42. The summed E-state index contributed by atoms with van der Waals surface area (Å²) in [6, 6.07) is 6.02. The molecule has 1 fully saturated rings. The summed E-state index contributed by atoms with van der Waals surface area (Å²) in [5.41, 5.74) is 0.478. The number of carbonyl (C=O) groups is 2. The van der Waals surface area contributed by atoms with E-state index in [1.54, 1.807) is 25.1 Å². The number of ether oxygens (including phenoxy) is 1. The van der Waals surface area contributed by atoms with Crippen molar-refractivity contribution in [2.45, 2.75) is 12.3 Å². The molecule has 1 unspecified atom stereocenters. The highest BCUT2D eigenvalue weighted by Crippen LogP contribution is 2.38. The normalized spacial score (nSPS) is 17.6. The van der Waals surface area contributed by atoms with E-state index in [1.165, 1.54) is 22.7 Å². The van der Waals surface area contributed by atoms with Crippen LogP contribution in [0.25, 0.3) is 0 Å². The average molecular weight is 312 g/mol. The van der Waals surface area contributed by atoms with Crippen LogP contribution < -0.4 is 5.32 Å². The summed E-state index contributed by atoms with van der Waals surface area (Å²) in [6.45, 7) is 2.30. The van der Waals surface area contributed by atoms with Crippen molar-refractivity contribution in [3.63, 3.8) is 0 Å². The van der Waals surface area contributed by atoms with E-state index in [-0.39, 0.29) is 30.4 Å². The maximum absolute atomic E-state index is 13.8. The number of urea groups is 1. The van der Waals surface area contributed by atoms with Crippen LogP contribution in [0.2, 0.25) is 0 Å². The molecule has 0 spiro atoms. The van der Waals surface area contributed by atoms with Gasteiger partial charge >= 0.3 is 12.0 Å². The Hall–Kier alpha value is -1.76. The van der Waals surface area contributed by atoms with Gasteiger partial charge in [-0.1, -0.05) is 18.2 Å². The largest absolute Gasteiger partial charge is 0.465 e. The molecule has 0 saturated carbocycles. The van der Waals surface area contributed by atoms with E-state index >= 15 is 0 Å². The number of rotatable bonds is 4. The van der Waals surface area contributed by atoms with Gasteiger partial charge in [0.1, 0.15) is 17.7 Å². The molecule has 21 heavy (non-hydrogen) atoms. The van der Waals surface area contributed by atoms with Crippen LogP contribution in [0.5, 0.6) is 0 Å². The molecular formula is C14H17FN2O3S. The van der Waals surface area contributed by atoms with Gasteiger partial charge in [0.25, 0.3) is 0 Å². The van der Waals surface area contributed by atoms with E-state index < -0.39 is 5.97 Å². The van der Waals surface area contributed by atoms with Gasteiger partial charge < -0.3 is 15.0 Å². The van der Waals surface area contributed by atoms with Gasteiger partial charge in [0.05, 0.1) is 6.61 Å². The van der Waals surface area contributed by atoms with E-state index in [4.69, 9.17) is 4.74 Å². The number of amides is 2. The molecule has 114 valence electrons. The first kappa shape index (κ1) is 15.6. The monoisotopic (exact) mass is 312 g/mol. The van der Waals surface area contributed by atoms with Crippen molar-refractivity contribution >= 4 is 23.8 Å². The number of halogens is 1. The Balaban J connectivity index is 2.00. The lowest BCUT2D eigenvalue weighted by atomic mass is 10.2. The van der Waals surface area contributed by atoms with Gasteiger partial charge in [-0.05, 0) is 13.0 Å². The lowest BCUT2D eigenvalue weighted by molar-refractivity contribution is -0.141. The number of hydrogen-bond acceptors (Lipinski definition) is 4. The fraction of sp³-hybridized carbons (Fsp3) is 0.429. The molecule has 1 aliphatic rings. The third-order valence-corrected chi connectivity index (χ3v) is 4.25. The maximum Gasteiger partial charge on any atom is 0.325 e. The molecule has 0 aromatic heterocycles. The van der Waals surface area contributed by atoms with E-state index in [9.17, 15) is 14.0 Å². The van der Waals surface area contributed by atoms with Crippen LogP contribution in [-0.2, 0) is 9.53 Å². The molecule has 7 heteroatoms. The van der Waals surface area contributed by atoms with E-state index in [0.29, 0.717) is 12.1 Å². The Labute approximate surface area is 126 Å². The maximum atomic E-state index is 13.8. The van der Waals surface area contributed by atoms with Crippen molar-refractivity contribution in [3.8, 4) is 0 Å². The number of thioether (sulfide) groups is 1. The molecule has 0 bridgehead atoms.